The van der Waals surface area contributed by atoms with Gasteiger partial charge in [0, 0.05) is 0 Å². The number of nitrogens with one attached hydrogen (secondary N) is 1. The zero-order chi connectivity index (χ0) is 14.6. The van der Waals surface area contributed by atoms with Crippen LogP contribution in [-0.4, -0.2) is 23.1 Å². The average Bonchev–Trinajstić information content (AvgIpc) is 2.30. The first-order valence-electron chi connectivity index (χ1n) is 5.55. The second kappa shape index (κ2) is 6.14. The van der Waals surface area contributed by atoms with Crippen LogP contribution >= 0.6 is 0 Å². The molecule has 0 aliphatic rings. The third kappa shape index (κ3) is 4.22. The Morgan fingerprint density at radius 3 is 2.53 bits per heavy atom. The molecule has 19 heavy (non-hydrogen) atoms. The molecule has 3 amide bonds. The van der Waals surface area contributed by atoms with Crippen LogP contribution in [0.5, 0.6) is 5.75 Å². The topological polar surface area (TPSA) is 102 Å². The fourth-order valence-electron chi connectivity index (χ4n) is 1.34. The molecule has 1 rings (SSSR count). The minimum absolute atomic E-state index is 0.156. The zero-order valence-corrected chi connectivity index (χ0v) is 10.5. The SMILES string of the molecule is CC(Oc1ccc(C(C)O)cc1F)C(=O)NC(N)=O. The summed E-state index contributed by atoms with van der Waals surface area (Å²) in [6.45, 7) is 2.85. The normalized spacial score (nSPS) is 13.5. The van der Waals surface area contributed by atoms with E-state index in [1.807, 2.05) is 5.32 Å². The number of carbonyl (C=O) groups is 2. The lowest BCUT2D eigenvalue weighted by Crippen LogP contribution is -2.42. The molecule has 0 saturated heterocycles. The number of carbonyl (C=O) groups excluding carboxylic acids is 2. The molecular formula is C12H15FN2O4. The highest BCUT2D eigenvalue weighted by molar-refractivity contribution is 5.95. The summed E-state index contributed by atoms with van der Waals surface area (Å²) in [5.74, 6) is -1.64. The number of amides is 3. The fourth-order valence-corrected chi connectivity index (χ4v) is 1.34. The summed E-state index contributed by atoms with van der Waals surface area (Å²) in [6.07, 6.45) is -1.89. The number of nitrogens with two attached hydrogens (primary N) is 1. The summed E-state index contributed by atoms with van der Waals surface area (Å²) >= 11 is 0. The molecule has 1 aromatic carbocycles. The minimum atomic E-state index is -1.08. The Balaban J connectivity index is 2.77. The summed E-state index contributed by atoms with van der Waals surface area (Å²) in [7, 11) is 0. The van der Waals surface area contributed by atoms with Crippen LogP contribution < -0.4 is 15.8 Å². The lowest BCUT2D eigenvalue weighted by molar-refractivity contribution is -0.126. The standard InChI is InChI=1S/C12H15FN2O4/c1-6(16)8-3-4-10(9(13)5-8)19-7(2)11(17)15-12(14)18/h3-7,16H,1-2H3,(H3,14,15,17,18). The van der Waals surface area contributed by atoms with Gasteiger partial charge in [-0.3, -0.25) is 10.1 Å². The number of ether oxygens (including phenoxy) is 1. The quantitative estimate of drug-likeness (QED) is 0.754. The second-order valence-electron chi connectivity index (χ2n) is 3.98. The third-order valence-electron chi connectivity index (χ3n) is 2.36. The predicted molar refractivity (Wildman–Crippen MR) is 64.8 cm³/mol. The van der Waals surface area contributed by atoms with Crippen molar-refractivity contribution in [1.29, 1.82) is 0 Å². The Kier molecular flexibility index (Phi) is 4.82. The molecule has 7 heteroatoms. The third-order valence-corrected chi connectivity index (χ3v) is 2.36. The molecule has 2 unspecified atom stereocenters. The van der Waals surface area contributed by atoms with Gasteiger partial charge in [0.15, 0.2) is 17.7 Å². The van der Waals surface area contributed by atoms with Crippen molar-refractivity contribution in [3.63, 3.8) is 0 Å². The van der Waals surface area contributed by atoms with Gasteiger partial charge in [-0.05, 0) is 31.5 Å². The van der Waals surface area contributed by atoms with Gasteiger partial charge >= 0.3 is 6.03 Å². The van der Waals surface area contributed by atoms with E-state index in [0.717, 1.165) is 6.07 Å². The molecule has 0 heterocycles. The van der Waals surface area contributed by atoms with Crippen LogP contribution in [0.2, 0.25) is 0 Å². The maximum atomic E-state index is 13.6. The molecule has 104 valence electrons. The Bertz CT molecular complexity index is 491. The lowest BCUT2D eigenvalue weighted by Gasteiger charge is -2.15. The maximum absolute atomic E-state index is 13.6. The molecule has 0 radical (unpaired) electrons. The molecule has 2 atom stereocenters. The van der Waals surface area contributed by atoms with E-state index in [1.165, 1.54) is 26.0 Å². The fraction of sp³-hybridized carbons (Fsp3) is 0.333. The van der Waals surface area contributed by atoms with E-state index in [4.69, 9.17) is 10.5 Å². The van der Waals surface area contributed by atoms with Crippen molar-refractivity contribution in [2.75, 3.05) is 0 Å². The van der Waals surface area contributed by atoms with Crippen molar-refractivity contribution in [2.45, 2.75) is 26.1 Å². The van der Waals surface area contributed by atoms with E-state index in [0.29, 0.717) is 5.56 Å². The zero-order valence-electron chi connectivity index (χ0n) is 10.5. The van der Waals surface area contributed by atoms with Gasteiger partial charge in [0.25, 0.3) is 5.91 Å². The Morgan fingerprint density at radius 2 is 2.05 bits per heavy atom. The average molecular weight is 270 g/mol. The number of imide groups is 1. The molecule has 0 aliphatic heterocycles. The molecule has 6 nitrogen and oxygen atoms in total. The van der Waals surface area contributed by atoms with Crippen molar-refractivity contribution < 1.29 is 23.8 Å². The van der Waals surface area contributed by atoms with Crippen LogP contribution in [0.4, 0.5) is 9.18 Å². The smallest absolute Gasteiger partial charge is 0.318 e. The Hall–Kier alpha value is -2.15. The number of urea groups is 1. The number of halogens is 1. The number of aliphatic hydroxyl groups is 1. The van der Waals surface area contributed by atoms with E-state index >= 15 is 0 Å². The van der Waals surface area contributed by atoms with Gasteiger partial charge in [0.1, 0.15) is 0 Å². The highest BCUT2D eigenvalue weighted by Crippen LogP contribution is 2.22. The lowest BCUT2D eigenvalue weighted by atomic mass is 10.1. The van der Waals surface area contributed by atoms with Crippen molar-refractivity contribution in [3.05, 3.63) is 29.6 Å². The first-order valence-corrected chi connectivity index (χ1v) is 5.55. The minimum Gasteiger partial charge on any atom is -0.478 e. The number of aliphatic hydroxyl groups excluding tert-OH is 1. The van der Waals surface area contributed by atoms with Crippen molar-refractivity contribution in [1.82, 2.24) is 5.32 Å². The van der Waals surface area contributed by atoms with Crippen molar-refractivity contribution >= 4 is 11.9 Å². The van der Waals surface area contributed by atoms with Crippen molar-refractivity contribution in [3.8, 4) is 5.75 Å². The van der Waals surface area contributed by atoms with E-state index in [1.54, 1.807) is 0 Å². The first kappa shape index (κ1) is 14.9. The molecule has 0 spiro atoms. The maximum Gasteiger partial charge on any atom is 0.318 e. The molecule has 0 aliphatic carbocycles. The number of hydrogen-bond donors (Lipinski definition) is 3. The predicted octanol–water partition coefficient (Wildman–Crippen LogP) is 0.841. The number of benzene rings is 1. The first-order chi connectivity index (χ1) is 8.81. The largest absolute Gasteiger partial charge is 0.478 e. The van der Waals surface area contributed by atoms with Gasteiger partial charge in [0.05, 0.1) is 6.10 Å². The molecule has 0 bridgehead atoms. The highest BCUT2D eigenvalue weighted by Gasteiger charge is 2.18. The van der Waals surface area contributed by atoms with E-state index in [2.05, 4.69) is 0 Å². The summed E-state index contributed by atoms with van der Waals surface area (Å²) in [4.78, 5) is 21.8. The van der Waals surface area contributed by atoms with Crippen LogP contribution in [0.15, 0.2) is 18.2 Å². The highest BCUT2D eigenvalue weighted by atomic mass is 19.1. The number of rotatable bonds is 4. The van der Waals surface area contributed by atoms with Crippen molar-refractivity contribution in [2.24, 2.45) is 5.73 Å². The summed E-state index contributed by atoms with van der Waals surface area (Å²) in [6, 6.07) is 2.87. The summed E-state index contributed by atoms with van der Waals surface area (Å²) in [5, 5.41) is 11.1. The van der Waals surface area contributed by atoms with Gasteiger partial charge in [-0.1, -0.05) is 6.07 Å². The van der Waals surface area contributed by atoms with Crippen LogP contribution in [0.25, 0.3) is 0 Å². The Morgan fingerprint density at radius 1 is 1.42 bits per heavy atom. The molecule has 4 N–H and O–H groups in total. The van der Waals surface area contributed by atoms with Gasteiger partial charge in [0.2, 0.25) is 0 Å². The number of primary amides is 1. The van der Waals surface area contributed by atoms with E-state index in [9.17, 15) is 19.1 Å². The molecule has 0 saturated carbocycles. The van der Waals surface area contributed by atoms with Crippen LogP contribution in [0.1, 0.15) is 25.5 Å². The van der Waals surface area contributed by atoms with E-state index in [-0.39, 0.29) is 5.75 Å². The Labute approximate surface area is 109 Å². The van der Waals surface area contributed by atoms with Crippen LogP contribution in [0, 0.1) is 5.82 Å². The molecule has 1 aromatic rings. The molecular weight excluding hydrogens is 255 g/mol. The second-order valence-corrected chi connectivity index (χ2v) is 3.98. The monoisotopic (exact) mass is 270 g/mol. The van der Waals surface area contributed by atoms with Gasteiger partial charge < -0.3 is 15.6 Å². The van der Waals surface area contributed by atoms with Gasteiger partial charge in [-0.15, -0.1) is 0 Å². The molecule has 0 fully saturated rings. The van der Waals surface area contributed by atoms with Gasteiger partial charge in [-0.25, -0.2) is 9.18 Å². The number of hydrogen-bond acceptors (Lipinski definition) is 4. The van der Waals surface area contributed by atoms with Gasteiger partial charge in [-0.2, -0.15) is 0 Å². The summed E-state index contributed by atoms with van der Waals surface area (Å²) in [5.41, 5.74) is 5.17. The van der Waals surface area contributed by atoms with Crippen LogP contribution in [-0.2, 0) is 4.79 Å². The molecule has 0 aromatic heterocycles. The van der Waals surface area contributed by atoms with Crippen LogP contribution in [0.3, 0.4) is 0 Å². The summed E-state index contributed by atoms with van der Waals surface area (Å²) < 4.78 is 18.7. The van der Waals surface area contributed by atoms with E-state index < -0.39 is 30.0 Å².